The molecule has 102 valence electrons. The van der Waals surface area contributed by atoms with Gasteiger partial charge in [-0.05, 0) is 38.9 Å². The molecule has 0 aromatic carbocycles. The van der Waals surface area contributed by atoms with Crippen molar-refractivity contribution in [3.05, 3.63) is 42.2 Å². The van der Waals surface area contributed by atoms with Crippen molar-refractivity contribution in [2.24, 2.45) is 0 Å². The molecular formula is C14H21N5. The molecule has 0 aliphatic heterocycles. The predicted molar refractivity (Wildman–Crippen MR) is 74.8 cm³/mol. The molecule has 19 heavy (non-hydrogen) atoms. The minimum absolute atomic E-state index is 0.400. The van der Waals surface area contributed by atoms with Crippen LogP contribution in [0.4, 0.5) is 0 Å². The fraction of sp³-hybridized carbons (Fsp3) is 0.500. The number of pyridine rings is 1. The van der Waals surface area contributed by atoms with Crippen LogP contribution < -0.4 is 5.32 Å². The van der Waals surface area contributed by atoms with Crippen LogP contribution in [0, 0.1) is 0 Å². The molecule has 0 amide bonds. The van der Waals surface area contributed by atoms with Crippen LogP contribution in [0.2, 0.25) is 0 Å². The first-order chi connectivity index (χ1) is 9.33. The molecule has 2 aromatic heterocycles. The van der Waals surface area contributed by atoms with Gasteiger partial charge < -0.3 is 5.32 Å². The van der Waals surface area contributed by atoms with Gasteiger partial charge in [-0.15, -0.1) is 0 Å². The van der Waals surface area contributed by atoms with Gasteiger partial charge in [0.25, 0.3) is 0 Å². The Balaban J connectivity index is 1.90. The van der Waals surface area contributed by atoms with E-state index in [1.54, 1.807) is 6.33 Å². The molecule has 1 N–H and O–H groups in total. The summed E-state index contributed by atoms with van der Waals surface area (Å²) < 4.78 is 1.95. The SMILES string of the molecule is CCn1ncnc1CC(CCc1ccccn1)NC. The quantitative estimate of drug-likeness (QED) is 0.818. The molecule has 5 heteroatoms. The Morgan fingerprint density at radius 2 is 2.21 bits per heavy atom. The summed E-state index contributed by atoms with van der Waals surface area (Å²) in [5, 5.41) is 7.56. The average Bonchev–Trinajstić information content (AvgIpc) is 2.91. The Hall–Kier alpha value is -1.75. The van der Waals surface area contributed by atoms with Crippen molar-refractivity contribution >= 4 is 0 Å². The second-order valence-corrected chi connectivity index (χ2v) is 4.54. The van der Waals surface area contributed by atoms with Gasteiger partial charge in [-0.1, -0.05) is 6.07 Å². The van der Waals surface area contributed by atoms with Gasteiger partial charge in [0.05, 0.1) is 0 Å². The molecule has 1 unspecified atom stereocenters. The van der Waals surface area contributed by atoms with Crippen LogP contribution in [0.15, 0.2) is 30.7 Å². The van der Waals surface area contributed by atoms with Crippen molar-refractivity contribution in [2.45, 2.75) is 38.8 Å². The third-order valence-corrected chi connectivity index (χ3v) is 3.31. The highest BCUT2D eigenvalue weighted by molar-refractivity contribution is 5.04. The minimum atomic E-state index is 0.400. The molecule has 0 radical (unpaired) electrons. The van der Waals surface area contributed by atoms with Crippen molar-refractivity contribution in [1.29, 1.82) is 0 Å². The zero-order valence-corrected chi connectivity index (χ0v) is 11.6. The van der Waals surface area contributed by atoms with E-state index in [0.717, 1.165) is 37.3 Å². The third-order valence-electron chi connectivity index (χ3n) is 3.31. The molecule has 0 saturated heterocycles. The molecule has 0 saturated carbocycles. The summed E-state index contributed by atoms with van der Waals surface area (Å²) in [7, 11) is 2.00. The van der Waals surface area contributed by atoms with E-state index in [0.29, 0.717) is 6.04 Å². The number of nitrogens with zero attached hydrogens (tertiary/aromatic N) is 4. The molecule has 2 heterocycles. The summed E-state index contributed by atoms with van der Waals surface area (Å²) in [6.45, 7) is 2.95. The Kier molecular flexibility index (Phi) is 5.03. The van der Waals surface area contributed by atoms with Crippen molar-refractivity contribution in [3.8, 4) is 0 Å². The van der Waals surface area contributed by atoms with Gasteiger partial charge in [-0.25, -0.2) is 4.98 Å². The highest BCUT2D eigenvalue weighted by atomic mass is 15.3. The van der Waals surface area contributed by atoms with Gasteiger partial charge in [0.1, 0.15) is 12.2 Å². The fourth-order valence-corrected chi connectivity index (χ4v) is 2.15. The Morgan fingerprint density at radius 3 is 2.89 bits per heavy atom. The Morgan fingerprint density at radius 1 is 1.32 bits per heavy atom. The molecule has 0 aliphatic rings. The summed E-state index contributed by atoms with van der Waals surface area (Å²) in [6, 6.07) is 6.45. The summed E-state index contributed by atoms with van der Waals surface area (Å²) >= 11 is 0. The summed E-state index contributed by atoms with van der Waals surface area (Å²) in [6.07, 6.45) is 6.40. The first-order valence-electron chi connectivity index (χ1n) is 6.77. The van der Waals surface area contributed by atoms with Crippen LogP contribution in [-0.4, -0.2) is 32.8 Å². The number of hydrogen-bond donors (Lipinski definition) is 1. The summed E-state index contributed by atoms with van der Waals surface area (Å²) in [5.74, 6) is 1.04. The topological polar surface area (TPSA) is 55.6 Å². The van der Waals surface area contributed by atoms with Gasteiger partial charge in [-0.3, -0.25) is 9.67 Å². The van der Waals surface area contributed by atoms with Gasteiger partial charge in [-0.2, -0.15) is 5.10 Å². The maximum absolute atomic E-state index is 4.35. The standard InChI is InChI=1S/C14H21N5/c1-3-19-14(17-11-18-19)10-13(15-2)8-7-12-6-4-5-9-16-12/h4-6,9,11,13,15H,3,7-8,10H2,1-2H3. The van der Waals surface area contributed by atoms with Gasteiger partial charge >= 0.3 is 0 Å². The first kappa shape index (κ1) is 13.7. The molecule has 2 rings (SSSR count). The molecule has 5 nitrogen and oxygen atoms in total. The maximum atomic E-state index is 4.35. The van der Waals surface area contributed by atoms with Crippen LogP contribution in [0.1, 0.15) is 24.9 Å². The minimum Gasteiger partial charge on any atom is -0.317 e. The van der Waals surface area contributed by atoms with Gasteiger partial charge in [0.2, 0.25) is 0 Å². The Labute approximate surface area is 114 Å². The lowest BCUT2D eigenvalue weighted by Crippen LogP contribution is -2.29. The largest absolute Gasteiger partial charge is 0.317 e. The number of hydrogen-bond acceptors (Lipinski definition) is 4. The zero-order valence-electron chi connectivity index (χ0n) is 11.6. The number of rotatable bonds is 7. The van der Waals surface area contributed by atoms with Crippen LogP contribution in [0.25, 0.3) is 0 Å². The number of aryl methyl sites for hydroxylation is 2. The highest BCUT2D eigenvalue weighted by Gasteiger charge is 2.12. The van der Waals surface area contributed by atoms with Crippen LogP contribution >= 0.6 is 0 Å². The molecule has 1 atom stereocenters. The van der Waals surface area contributed by atoms with Gasteiger partial charge in [0, 0.05) is 30.9 Å². The van der Waals surface area contributed by atoms with Crippen LogP contribution in [0.3, 0.4) is 0 Å². The van der Waals surface area contributed by atoms with Crippen molar-refractivity contribution in [1.82, 2.24) is 25.1 Å². The first-order valence-corrected chi connectivity index (χ1v) is 6.77. The van der Waals surface area contributed by atoms with Crippen molar-refractivity contribution in [3.63, 3.8) is 0 Å². The lowest BCUT2D eigenvalue weighted by atomic mass is 10.1. The molecular weight excluding hydrogens is 238 g/mol. The van der Waals surface area contributed by atoms with E-state index in [9.17, 15) is 0 Å². The van der Waals surface area contributed by atoms with E-state index < -0.39 is 0 Å². The average molecular weight is 259 g/mol. The van der Waals surface area contributed by atoms with Crippen molar-refractivity contribution < 1.29 is 0 Å². The number of likely N-dealkylation sites (N-methyl/N-ethyl adjacent to an activating group) is 1. The van der Waals surface area contributed by atoms with E-state index in [4.69, 9.17) is 0 Å². The monoisotopic (exact) mass is 259 g/mol. The third kappa shape index (κ3) is 3.86. The number of aromatic nitrogens is 4. The van der Waals surface area contributed by atoms with E-state index in [1.807, 2.05) is 30.1 Å². The molecule has 0 bridgehead atoms. The zero-order chi connectivity index (χ0) is 13.5. The normalized spacial score (nSPS) is 12.5. The van der Waals surface area contributed by atoms with Crippen molar-refractivity contribution in [2.75, 3.05) is 7.05 Å². The van der Waals surface area contributed by atoms with E-state index in [1.165, 1.54) is 0 Å². The smallest absolute Gasteiger partial charge is 0.138 e. The molecule has 2 aromatic rings. The Bertz CT molecular complexity index is 480. The lowest BCUT2D eigenvalue weighted by Gasteiger charge is -2.15. The molecule has 0 aliphatic carbocycles. The van der Waals surface area contributed by atoms with E-state index >= 15 is 0 Å². The lowest BCUT2D eigenvalue weighted by molar-refractivity contribution is 0.486. The number of nitrogens with one attached hydrogen (secondary N) is 1. The van der Waals surface area contributed by atoms with E-state index in [-0.39, 0.29) is 0 Å². The van der Waals surface area contributed by atoms with Crippen LogP contribution in [-0.2, 0) is 19.4 Å². The highest BCUT2D eigenvalue weighted by Crippen LogP contribution is 2.07. The summed E-state index contributed by atoms with van der Waals surface area (Å²) in [5.41, 5.74) is 1.14. The second kappa shape index (κ2) is 6.99. The molecule has 0 fully saturated rings. The van der Waals surface area contributed by atoms with Crippen LogP contribution in [0.5, 0.6) is 0 Å². The maximum Gasteiger partial charge on any atom is 0.138 e. The molecule has 0 spiro atoms. The second-order valence-electron chi connectivity index (χ2n) is 4.54. The van der Waals surface area contributed by atoms with E-state index in [2.05, 4.69) is 33.4 Å². The summed E-state index contributed by atoms with van der Waals surface area (Å²) in [4.78, 5) is 8.68. The fourth-order valence-electron chi connectivity index (χ4n) is 2.15. The predicted octanol–water partition coefficient (Wildman–Crippen LogP) is 1.46. The van der Waals surface area contributed by atoms with Gasteiger partial charge in [0.15, 0.2) is 0 Å².